The van der Waals surface area contributed by atoms with Crippen LogP contribution in [0.1, 0.15) is 24.8 Å². The van der Waals surface area contributed by atoms with Gasteiger partial charge >= 0.3 is 0 Å². The van der Waals surface area contributed by atoms with Gasteiger partial charge in [0.15, 0.2) is 0 Å². The van der Waals surface area contributed by atoms with E-state index in [9.17, 15) is 4.79 Å². The Morgan fingerprint density at radius 3 is 3.06 bits per heavy atom. The monoisotopic (exact) mass is 235 g/mol. The second-order valence-corrected chi connectivity index (χ2v) is 5.09. The van der Waals surface area contributed by atoms with Gasteiger partial charge in [-0.25, -0.2) is 0 Å². The first kappa shape index (κ1) is 10.2. The van der Waals surface area contributed by atoms with Crippen molar-refractivity contribution in [3.8, 4) is 0 Å². The highest BCUT2D eigenvalue weighted by atomic mass is 35.5. The van der Waals surface area contributed by atoms with Crippen LogP contribution in [-0.4, -0.2) is 18.4 Å². The zero-order valence-electron chi connectivity index (χ0n) is 9.08. The molecule has 16 heavy (non-hydrogen) atoms. The molecule has 0 saturated carbocycles. The van der Waals surface area contributed by atoms with E-state index in [-0.39, 0.29) is 0 Å². The van der Waals surface area contributed by atoms with Gasteiger partial charge in [0, 0.05) is 36.1 Å². The molecule has 0 bridgehead atoms. The van der Waals surface area contributed by atoms with Crippen molar-refractivity contribution in [1.29, 1.82) is 0 Å². The lowest BCUT2D eigenvalue weighted by Crippen LogP contribution is -2.45. The summed E-state index contributed by atoms with van der Waals surface area (Å²) in [6, 6.07) is 6.53. The molecule has 2 aliphatic rings. The topological polar surface area (TPSA) is 20.3 Å². The highest BCUT2D eigenvalue weighted by Gasteiger charge is 2.31. The fraction of sp³-hybridized carbons (Fsp3) is 0.462. The molecule has 2 nitrogen and oxygen atoms in total. The van der Waals surface area contributed by atoms with Gasteiger partial charge in [-0.3, -0.25) is 4.79 Å². The van der Waals surface area contributed by atoms with Crippen molar-refractivity contribution in [1.82, 2.24) is 0 Å². The number of hydrogen-bond acceptors (Lipinski definition) is 2. The molecule has 1 saturated heterocycles. The summed E-state index contributed by atoms with van der Waals surface area (Å²) >= 11 is 6.00. The van der Waals surface area contributed by atoms with Gasteiger partial charge in [-0.15, -0.1) is 0 Å². The number of Topliss-reactive ketones (excluding diaryl/α,β-unsaturated/α-hetero) is 1. The number of fused-ring (bicyclic) bond motifs is 3. The number of carbonyl (C=O) groups is 1. The van der Waals surface area contributed by atoms with Crippen LogP contribution in [0, 0.1) is 0 Å². The number of halogens is 1. The number of carbonyl (C=O) groups excluding carboxylic acids is 1. The molecule has 1 aromatic rings. The SMILES string of the molecule is O=C1CCN2c3ccc(Cl)cc3CCC2C1. The molecule has 1 unspecified atom stereocenters. The molecule has 0 spiro atoms. The Bertz CT molecular complexity index is 444. The van der Waals surface area contributed by atoms with E-state index in [1.165, 1.54) is 11.3 Å². The Balaban J connectivity index is 1.97. The van der Waals surface area contributed by atoms with Gasteiger partial charge < -0.3 is 4.90 Å². The van der Waals surface area contributed by atoms with Gasteiger partial charge in [0.2, 0.25) is 0 Å². The lowest BCUT2D eigenvalue weighted by Gasteiger charge is -2.41. The van der Waals surface area contributed by atoms with E-state index in [4.69, 9.17) is 11.6 Å². The zero-order chi connectivity index (χ0) is 11.1. The van der Waals surface area contributed by atoms with Gasteiger partial charge in [-0.2, -0.15) is 0 Å². The van der Waals surface area contributed by atoms with Crippen molar-refractivity contribution in [3.05, 3.63) is 28.8 Å². The summed E-state index contributed by atoms with van der Waals surface area (Å²) in [7, 11) is 0. The highest BCUT2D eigenvalue weighted by molar-refractivity contribution is 6.30. The average Bonchev–Trinajstić information content (AvgIpc) is 2.28. The molecular weight excluding hydrogens is 222 g/mol. The summed E-state index contributed by atoms with van der Waals surface area (Å²) in [5.74, 6) is 0.415. The van der Waals surface area contributed by atoms with E-state index in [1.807, 2.05) is 6.07 Å². The highest BCUT2D eigenvalue weighted by Crippen LogP contribution is 2.35. The second-order valence-electron chi connectivity index (χ2n) is 4.65. The van der Waals surface area contributed by atoms with E-state index >= 15 is 0 Å². The van der Waals surface area contributed by atoms with Gasteiger partial charge in [-0.1, -0.05) is 11.6 Å². The number of aryl methyl sites for hydroxylation is 1. The third-order valence-electron chi connectivity index (χ3n) is 3.63. The molecule has 84 valence electrons. The Kier molecular flexibility index (Phi) is 2.40. The van der Waals surface area contributed by atoms with Gasteiger partial charge in [-0.05, 0) is 36.6 Å². The summed E-state index contributed by atoms with van der Waals surface area (Å²) in [4.78, 5) is 13.8. The standard InChI is InChI=1S/C13H14ClNO/c14-10-2-4-13-9(7-10)1-3-11-8-12(16)5-6-15(11)13/h2,4,7,11H,1,3,5-6,8H2. The lowest BCUT2D eigenvalue weighted by atomic mass is 9.89. The number of nitrogens with zero attached hydrogens (tertiary/aromatic N) is 1. The minimum Gasteiger partial charge on any atom is -0.367 e. The molecule has 2 aliphatic heterocycles. The first-order valence-corrected chi connectivity index (χ1v) is 6.18. The number of piperidine rings is 1. The van der Waals surface area contributed by atoms with Crippen molar-refractivity contribution >= 4 is 23.1 Å². The Hall–Kier alpha value is -1.02. The Labute approximate surface area is 100 Å². The van der Waals surface area contributed by atoms with E-state index in [1.54, 1.807) is 0 Å². The van der Waals surface area contributed by atoms with E-state index in [0.29, 0.717) is 18.2 Å². The van der Waals surface area contributed by atoms with E-state index in [0.717, 1.165) is 30.8 Å². The predicted octanol–water partition coefficient (Wildman–Crippen LogP) is 2.82. The van der Waals surface area contributed by atoms with Crippen molar-refractivity contribution in [3.63, 3.8) is 0 Å². The van der Waals surface area contributed by atoms with Crippen LogP contribution in [0.2, 0.25) is 5.02 Å². The lowest BCUT2D eigenvalue weighted by molar-refractivity contribution is -0.120. The molecule has 0 aromatic heterocycles. The fourth-order valence-corrected chi connectivity index (χ4v) is 3.03. The summed E-state index contributed by atoms with van der Waals surface area (Å²) in [5.41, 5.74) is 2.62. The molecular formula is C13H14ClNO. The van der Waals surface area contributed by atoms with Crippen LogP contribution in [0.4, 0.5) is 5.69 Å². The smallest absolute Gasteiger partial charge is 0.136 e. The minimum atomic E-state index is 0.415. The maximum absolute atomic E-state index is 11.4. The summed E-state index contributed by atoms with van der Waals surface area (Å²) in [6.07, 6.45) is 3.55. The zero-order valence-corrected chi connectivity index (χ0v) is 9.83. The first-order valence-electron chi connectivity index (χ1n) is 5.81. The van der Waals surface area contributed by atoms with Gasteiger partial charge in [0.1, 0.15) is 5.78 Å². The number of rotatable bonds is 0. The molecule has 3 heteroatoms. The van der Waals surface area contributed by atoms with E-state index in [2.05, 4.69) is 17.0 Å². The van der Waals surface area contributed by atoms with Crippen molar-refractivity contribution in [2.75, 3.05) is 11.4 Å². The van der Waals surface area contributed by atoms with Crippen LogP contribution in [-0.2, 0) is 11.2 Å². The predicted molar refractivity (Wildman–Crippen MR) is 65.1 cm³/mol. The normalized spacial score (nSPS) is 23.9. The molecule has 2 heterocycles. The van der Waals surface area contributed by atoms with E-state index < -0.39 is 0 Å². The van der Waals surface area contributed by atoms with Crippen LogP contribution >= 0.6 is 11.6 Å². The maximum Gasteiger partial charge on any atom is 0.136 e. The molecule has 0 aliphatic carbocycles. The fourth-order valence-electron chi connectivity index (χ4n) is 2.83. The Morgan fingerprint density at radius 2 is 2.19 bits per heavy atom. The van der Waals surface area contributed by atoms with Crippen LogP contribution in [0.5, 0.6) is 0 Å². The number of anilines is 1. The van der Waals surface area contributed by atoms with Crippen molar-refractivity contribution in [2.45, 2.75) is 31.7 Å². The second kappa shape index (κ2) is 3.77. The number of benzene rings is 1. The van der Waals surface area contributed by atoms with Gasteiger partial charge in [0.05, 0.1) is 0 Å². The molecule has 1 atom stereocenters. The summed E-state index contributed by atoms with van der Waals surface area (Å²) in [6.45, 7) is 0.873. The molecule has 0 amide bonds. The maximum atomic E-state index is 11.4. The van der Waals surface area contributed by atoms with Crippen molar-refractivity contribution in [2.24, 2.45) is 0 Å². The molecule has 1 fully saturated rings. The quantitative estimate of drug-likeness (QED) is 0.689. The third-order valence-corrected chi connectivity index (χ3v) is 3.87. The van der Waals surface area contributed by atoms with Crippen LogP contribution in [0.3, 0.4) is 0 Å². The molecule has 1 aromatic carbocycles. The van der Waals surface area contributed by atoms with Crippen LogP contribution in [0.15, 0.2) is 18.2 Å². The third kappa shape index (κ3) is 1.61. The van der Waals surface area contributed by atoms with Crippen LogP contribution in [0.25, 0.3) is 0 Å². The molecule has 0 N–H and O–H groups in total. The minimum absolute atomic E-state index is 0.415. The largest absolute Gasteiger partial charge is 0.367 e. The molecule has 3 rings (SSSR count). The number of ketones is 1. The summed E-state index contributed by atoms with van der Waals surface area (Å²) < 4.78 is 0. The van der Waals surface area contributed by atoms with Crippen LogP contribution < -0.4 is 4.90 Å². The average molecular weight is 236 g/mol. The van der Waals surface area contributed by atoms with Gasteiger partial charge in [0.25, 0.3) is 0 Å². The first-order chi connectivity index (χ1) is 7.74. The Morgan fingerprint density at radius 1 is 1.31 bits per heavy atom. The summed E-state index contributed by atoms with van der Waals surface area (Å²) in [5, 5.41) is 0.810. The van der Waals surface area contributed by atoms with Crippen molar-refractivity contribution < 1.29 is 4.79 Å². The number of hydrogen-bond donors (Lipinski definition) is 0. The molecule has 0 radical (unpaired) electrons.